The summed E-state index contributed by atoms with van der Waals surface area (Å²) in [6.45, 7) is 3.88. The van der Waals surface area contributed by atoms with Gasteiger partial charge in [0.1, 0.15) is 5.75 Å². The molecule has 0 saturated carbocycles. The van der Waals surface area contributed by atoms with Crippen molar-refractivity contribution in [3.63, 3.8) is 0 Å². The number of para-hydroxylation sites is 1. The first-order valence-corrected chi connectivity index (χ1v) is 7.54. The monoisotopic (exact) mass is 325 g/mol. The summed E-state index contributed by atoms with van der Waals surface area (Å²) < 4.78 is 5.60. The van der Waals surface area contributed by atoms with Crippen LogP contribution in [0.25, 0.3) is 6.08 Å². The molecule has 0 atom stereocenters. The number of carbonyl (C=O) groups excluding carboxylic acids is 1. The van der Waals surface area contributed by atoms with Gasteiger partial charge in [0.15, 0.2) is 0 Å². The number of carboxylic acid groups (broad SMARTS) is 1. The van der Waals surface area contributed by atoms with Gasteiger partial charge in [-0.1, -0.05) is 24.3 Å². The number of hydrogen-bond donors (Lipinski definition) is 2. The highest BCUT2D eigenvalue weighted by Crippen LogP contribution is 2.17. The molecule has 0 aliphatic carbocycles. The Labute approximate surface area is 140 Å². The number of nitrogens with one attached hydrogen (secondary N) is 1. The van der Waals surface area contributed by atoms with Crippen LogP contribution >= 0.6 is 0 Å². The number of aromatic carboxylic acids is 1. The van der Waals surface area contributed by atoms with E-state index in [9.17, 15) is 9.59 Å². The van der Waals surface area contributed by atoms with Crippen molar-refractivity contribution >= 4 is 23.6 Å². The Morgan fingerprint density at radius 1 is 1.12 bits per heavy atom. The third-order valence-corrected chi connectivity index (χ3v) is 3.07. The zero-order chi connectivity index (χ0) is 17.5. The van der Waals surface area contributed by atoms with Crippen molar-refractivity contribution in [3.8, 4) is 5.75 Å². The molecule has 2 N–H and O–H groups in total. The zero-order valence-electron chi connectivity index (χ0n) is 13.5. The van der Waals surface area contributed by atoms with Gasteiger partial charge >= 0.3 is 5.97 Å². The predicted octanol–water partition coefficient (Wildman–Crippen LogP) is 3.82. The second kappa shape index (κ2) is 7.97. The van der Waals surface area contributed by atoms with E-state index in [1.165, 1.54) is 12.1 Å². The number of carbonyl (C=O) groups is 2. The number of hydrogen-bond acceptors (Lipinski definition) is 3. The van der Waals surface area contributed by atoms with Crippen molar-refractivity contribution in [1.82, 2.24) is 0 Å². The Morgan fingerprint density at radius 2 is 1.88 bits per heavy atom. The van der Waals surface area contributed by atoms with Crippen LogP contribution in [0.2, 0.25) is 0 Å². The van der Waals surface area contributed by atoms with Gasteiger partial charge in [0.2, 0.25) is 5.91 Å². The third kappa shape index (κ3) is 4.98. The van der Waals surface area contributed by atoms with Crippen molar-refractivity contribution in [3.05, 3.63) is 65.7 Å². The Morgan fingerprint density at radius 3 is 2.58 bits per heavy atom. The molecule has 0 fully saturated rings. The average Bonchev–Trinajstić information content (AvgIpc) is 2.53. The maximum absolute atomic E-state index is 12.0. The summed E-state index contributed by atoms with van der Waals surface area (Å²) in [6, 6.07) is 13.6. The van der Waals surface area contributed by atoms with Crippen molar-refractivity contribution in [2.75, 3.05) is 5.32 Å². The van der Waals surface area contributed by atoms with Gasteiger partial charge in [-0.15, -0.1) is 0 Å². The van der Waals surface area contributed by atoms with Crippen molar-refractivity contribution in [2.45, 2.75) is 20.0 Å². The van der Waals surface area contributed by atoms with Crippen molar-refractivity contribution in [2.24, 2.45) is 0 Å². The van der Waals surface area contributed by atoms with Gasteiger partial charge in [0, 0.05) is 6.08 Å². The molecule has 5 heteroatoms. The van der Waals surface area contributed by atoms with Gasteiger partial charge in [-0.2, -0.15) is 0 Å². The van der Waals surface area contributed by atoms with Crippen LogP contribution in [-0.4, -0.2) is 23.1 Å². The lowest BCUT2D eigenvalue weighted by Gasteiger charge is -2.09. The minimum Gasteiger partial charge on any atom is -0.491 e. The highest BCUT2D eigenvalue weighted by atomic mass is 16.5. The summed E-state index contributed by atoms with van der Waals surface area (Å²) in [5.74, 6) is -0.768. The van der Waals surface area contributed by atoms with Gasteiger partial charge < -0.3 is 15.2 Å². The van der Waals surface area contributed by atoms with E-state index in [1.807, 2.05) is 38.1 Å². The maximum atomic E-state index is 12.0. The van der Waals surface area contributed by atoms with E-state index in [1.54, 1.807) is 24.3 Å². The van der Waals surface area contributed by atoms with Crippen LogP contribution in [0.1, 0.15) is 29.8 Å². The molecule has 0 saturated heterocycles. The molecule has 24 heavy (non-hydrogen) atoms. The fraction of sp³-hybridized carbons (Fsp3) is 0.158. The minimum atomic E-state index is -1.09. The first kappa shape index (κ1) is 17.3. The van der Waals surface area contributed by atoms with Crippen LogP contribution in [0.15, 0.2) is 54.6 Å². The van der Waals surface area contributed by atoms with E-state index >= 15 is 0 Å². The molecule has 0 aliphatic heterocycles. The van der Waals surface area contributed by atoms with E-state index in [0.29, 0.717) is 0 Å². The van der Waals surface area contributed by atoms with E-state index in [0.717, 1.165) is 11.3 Å². The highest BCUT2D eigenvalue weighted by Gasteiger charge is 2.10. The van der Waals surface area contributed by atoms with Crippen LogP contribution < -0.4 is 10.1 Å². The Bertz CT molecular complexity index is 765. The fourth-order valence-corrected chi connectivity index (χ4v) is 2.09. The third-order valence-electron chi connectivity index (χ3n) is 3.07. The zero-order valence-corrected chi connectivity index (χ0v) is 13.5. The molecule has 1 amide bonds. The number of anilines is 1. The van der Waals surface area contributed by atoms with Crippen LogP contribution in [0, 0.1) is 0 Å². The average molecular weight is 325 g/mol. The SMILES string of the molecule is CC(C)Oc1cccc(/C=C/C(=O)Nc2ccccc2C(=O)O)c1. The highest BCUT2D eigenvalue weighted by molar-refractivity contribution is 6.06. The number of ether oxygens (including phenoxy) is 1. The van der Waals surface area contributed by atoms with Crippen LogP contribution in [0.4, 0.5) is 5.69 Å². The largest absolute Gasteiger partial charge is 0.491 e. The second-order valence-electron chi connectivity index (χ2n) is 5.41. The smallest absolute Gasteiger partial charge is 0.337 e. The van der Waals surface area contributed by atoms with Crippen LogP contribution in [0.5, 0.6) is 5.75 Å². The predicted molar refractivity (Wildman–Crippen MR) is 93.3 cm³/mol. The molecule has 0 aromatic heterocycles. The quantitative estimate of drug-likeness (QED) is 0.792. The number of carboxylic acids is 1. The lowest BCUT2D eigenvalue weighted by Crippen LogP contribution is -2.11. The molecule has 0 spiro atoms. The minimum absolute atomic E-state index is 0.0478. The molecule has 2 aromatic rings. The first-order valence-electron chi connectivity index (χ1n) is 7.54. The van der Waals surface area contributed by atoms with E-state index in [-0.39, 0.29) is 17.4 Å². The molecule has 0 bridgehead atoms. The molecule has 0 heterocycles. The maximum Gasteiger partial charge on any atom is 0.337 e. The van der Waals surface area contributed by atoms with Crippen LogP contribution in [0.3, 0.4) is 0 Å². The Hall–Kier alpha value is -3.08. The Kier molecular flexibility index (Phi) is 5.73. The molecular formula is C19H19NO4. The lowest BCUT2D eigenvalue weighted by molar-refractivity contribution is -0.111. The van der Waals surface area contributed by atoms with Crippen LogP contribution in [-0.2, 0) is 4.79 Å². The first-order chi connectivity index (χ1) is 11.5. The van der Waals surface area contributed by atoms with Gasteiger partial charge in [-0.05, 0) is 49.8 Å². The molecular weight excluding hydrogens is 306 g/mol. The van der Waals surface area contributed by atoms with E-state index in [4.69, 9.17) is 9.84 Å². The van der Waals surface area contributed by atoms with E-state index in [2.05, 4.69) is 5.32 Å². The standard InChI is InChI=1S/C19H19NO4/c1-13(2)24-15-7-5-6-14(12-15)10-11-18(21)20-17-9-4-3-8-16(17)19(22)23/h3-13H,1-2H3,(H,20,21)(H,22,23)/b11-10+. The second-order valence-corrected chi connectivity index (χ2v) is 5.41. The number of rotatable bonds is 6. The summed E-state index contributed by atoms with van der Waals surface area (Å²) in [6.07, 6.45) is 3.07. The number of amides is 1. The molecule has 2 aromatic carbocycles. The number of benzene rings is 2. The van der Waals surface area contributed by atoms with Gasteiger partial charge in [-0.25, -0.2) is 4.79 Å². The molecule has 0 aliphatic rings. The van der Waals surface area contributed by atoms with Crippen molar-refractivity contribution in [1.29, 1.82) is 0 Å². The van der Waals surface area contributed by atoms with Gasteiger partial charge in [-0.3, -0.25) is 4.79 Å². The summed E-state index contributed by atoms with van der Waals surface area (Å²) in [7, 11) is 0. The Balaban J connectivity index is 2.07. The fourth-order valence-electron chi connectivity index (χ4n) is 2.09. The molecule has 0 unspecified atom stereocenters. The van der Waals surface area contributed by atoms with Gasteiger partial charge in [0.25, 0.3) is 0 Å². The summed E-state index contributed by atoms with van der Waals surface area (Å²) in [4.78, 5) is 23.1. The molecule has 5 nitrogen and oxygen atoms in total. The summed E-state index contributed by atoms with van der Waals surface area (Å²) >= 11 is 0. The van der Waals surface area contributed by atoms with Gasteiger partial charge in [0.05, 0.1) is 17.4 Å². The van der Waals surface area contributed by atoms with E-state index < -0.39 is 11.9 Å². The topological polar surface area (TPSA) is 75.6 Å². The molecule has 124 valence electrons. The molecule has 0 radical (unpaired) electrons. The summed E-state index contributed by atoms with van der Waals surface area (Å²) in [5.41, 5.74) is 1.12. The normalized spacial score (nSPS) is 10.8. The lowest BCUT2D eigenvalue weighted by atomic mass is 10.1. The summed E-state index contributed by atoms with van der Waals surface area (Å²) in [5, 5.41) is 11.7. The molecule has 2 rings (SSSR count). The van der Waals surface area contributed by atoms with Crippen molar-refractivity contribution < 1.29 is 19.4 Å².